The first-order chi connectivity index (χ1) is 24.8. The van der Waals surface area contributed by atoms with E-state index in [1.54, 1.807) is 33.9 Å². The van der Waals surface area contributed by atoms with Crippen molar-refractivity contribution in [3.05, 3.63) is 48.2 Å². The summed E-state index contributed by atoms with van der Waals surface area (Å²) in [5.74, 6) is -5.87. The number of benzene rings is 1. The van der Waals surface area contributed by atoms with Crippen molar-refractivity contribution in [3.8, 4) is 0 Å². The van der Waals surface area contributed by atoms with Gasteiger partial charge in [-0.2, -0.15) is 0 Å². The molecule has 2 fully saturated rings. The molecule has 2 saturated heterocycles. The van der Waals surface area contributed by atoms with E-state index in [1.165, 1.54) is 20.8 Å². The molecule has 12 heteroatoms. The standard InChI is InChI=1S/C41H60N2O10/c1-11-32-41(8,49)36(47)25(4)33(44)23(2)21-40(7,50-18-14-15-28-20-29-16-12-13-17-30(29)42-22-28)37(26(5)34(45)27(6)38(48)52-32)53-39-35(46)31(43(9)10)19-24(3)51-39/h12-17,20,22-27,31-32,35-37,39,46-47,49H,11,18-19,21H2,1-10H3/b15-14+/t23-,24-,25+,26+,27-,31+,32?,35-,36-,37-,39+,40-,41-/m1/s1. The highest BCUT2D eigenvalue weighted by Crippen LogP contribution is 2.38. The van der Waals surface area contributed by atoms with Gasteiger partial charge in [0.15, 0.2) is 12.1 Å². The molecule has 12 nitrogen and oxygen atoms in total. The van der Waals surface area contributed by atoms with Crippen LogP contribution in [0.25, 0.3) is 17.0 Å². The molecule has 0 saturated carbocycles. The van der Waals surface area contributed by atoms with Gasteiger partial charge in [0, 0.05) is 35.4 Å². The molecule has 0 spiro atoms. The van der Waals surface area contributed by atoms with Crippen LogP contribution in [-0.4, -0.2) is 117 Å². The lowest BCUT2D eigenvalue weighted by molar-refractivity contribution is -0.296. The monoisotopic (exact) mass is 740 g/mol. The molecule has 0 aliphatic carbocycles. The van der Waals surface area contributed by atoms with Crippen LogP contribution in [0.15, 0.2) is 42.6 Å². The van der Waals surface area contributed by atoms with Crippen molar-refractivity contribution < 1.29 is 48.7 Å². The fraction of sp³-hybridized carbons (Fsp3) is 0.659. The Morgan fingerprint density at radius 2 is 1.70 bits per heavy atom. The lowest BCUT2D eigenvalue weighted by Gasteiger charge is -2.47. The van der Waals surface area contributed by atoms with Gasteiger partial charge in [0.2, 0.25) is 0 Å². The number of aromatic nitrogens is 1. The summed E-state index contributed by atoms with van der Waals surface area (Å²) in [6.07, 6.45) is -0.314. The van der Waals surface area contributed by atoms with E-state index in [0.29, 0.717) is 6.42 Å². The van der Waals surface area contributed by atoms with Crippen molar-refractivity contribution in [1.29, 1.82) is 0 Å². The van der Waals surface area contributed by atoms with Crippen molar-refractivity contribution in [2.45, 2.75) is 129 Å². The largest absolute Gasteiger partial charge is 0.459 e. The van der Waals surface area contributed by atoms with E-state index in [2.05, 4.69) is 4.98 Å². The van der Waals surface area contributed by atoms with Crippen molar-refractivity contribution in [3.63, 3.8) is 0 Å². The first-order valence-electron chi connectivity index (χ1n) is 18.8. The topological polar surface area (TPSA) is 165 Å². The molecular formula is C41H60N2O10. The molecule has 3 heterocycles. The molecule has 2 aliphatic rings. The lowest BCUT2D eigenvalue weighted by Crippen LogP contribution is -2.60. The molecule has 3 N–H and O–H groups in total. The number of hydrogen-bond donors (Lipinski definition) is 3. The number of cyclic esters (lactones) is 1. The molecule has 53 heavy (non-hydrogen) atoms. The maximum absolute atomic E-state index is 14.3. The maximum atomic E-state index is 14.3. The zero-order chi connectivity index (χ0) is 39.4. The number of nitrogens with zero attached hydrogens (tertiary/aromatic N) is 2. The minimum atomic E-state index is -1.99. The number of fused-ring (bicyclic) bond motifs is 1. The second-order valence-electron chi connectivity index (χ2n) is 15.8. The van der Waals surface area contributed by atoms with E-state index in [0.717, 1.165) is 16.5 Å². The molecule has 0 amide bonds. The smallest absolute Gasteiger partial charge is 0.316 e. The molecule has 294 valence electrons. The zero-order valence-electron chi connectivity index (χ0n) is 32.9. The molecule has 0 bridgehead atoms. The Balaban J connectivity index is 1.78. The second kappa shape index (κ2) is 17.6. The van der Waals surface area contributed by atoms with Gasteiger partial charge in [-0.3, -0.25) is 19.4 Å². The Hall–Kier alpha value is -3.10. The number of aliphatic hydroxyl groups is 3. The van der Waals surface area contributed by atoms with Gasteiger partial charge in [0.1, 0.15) is 29.5 Å². The van der Waals surface area contributed by atoms with Crippen LogP contribution in [0.1, 0.15) is 80.2 Å². The number of likely N-dealkylation sites (N-methyl/N-ethyl adjacent to an activating group) is 1. The summed E-state index contributed by atoms with van der Waals surface area (Å²) in [5, 5.41) is 35.3. The van der Waals surface area contributed by atoms with Gasteiger partial charge in [-0.05, 0) is 78.7 Å². The molecule has 1 aromatic heterocycles. The van der Waals surface area contributed by atoms with Crippen LogP contribution in [0.5, 0.6) is 0 Å². The third-order valence-corrected chi connectivity index (χ3v) is 11.3. The summed E-state index contributed by atoms with van der Waals surface area (Å²) in [7, 11) is 3.72. The van der Waals surface area contributed by atoms with Crippen LogP contribution in [0.4, 0.5) is 0 Å². The predicted octanol–water partition coefficient (Wildman–Crippen LogP) is 4.35. The van der Waals surface area contributed by atoms with E-state index in [4.69, 9.17) is 18.9 Å². The van der Waals surface area contributed by atoms with Crippen molar-refractivity contribution in [2.75, 3.05) is 20.7 Å². The normalized spacial score (nSPS) is 38.3. The molecule has 0 radical (unpaired) electrons. The van der Waals surface area contributed by atoms with Crippen molar-refractivity contribution in [2.24, 2.45) is 23.7 Å². The van der Waals surface area contributed by atoms with Crippen molar-refractivity contribution in [1.82, 2.24) is 9.88 Å². The highest BCUT2D eigenvalue weighted by atomic mass is 16.7. The van der Waals surface area contributed by atoms with Crippen LogP contribution in [0.2, 0.25) is 0 Å². The molecule has 1 aromatic carbocycles. The number of aliphatic hydroxyl groups excluding tert-OH is 2. The van der Waals surface area contributed by atoms with Crippen molar-refractivity contribution >= 4 is 34.5 Å². The summed E-state index contributed by atoms with van der Waals surface area (Å²) in [6, 6.07) is 9.47. The van der Waals surface area contributed by atoms with Gasteiger partial charge >= 0.3 is 5.97 Å². The summed E-state index contributed by atoms with van der Waals surface area (Å²) in [5.41, 5.74) is -1.66. The Morgan fingerprint density at radius 3 is 2.36 bits per heavy atom. The van der Waals surface area contributed by atoms with E-state index in [-0.39, 0.29) is 37.4 Å². The first kappa shape index (κ1) is 42.6. The molecular weight excluding hydrogens is 680 g/mol. The first-order valence-corrected chi connectivity index (χ1v) is 18.8. The number of Topliss-reactive ketones (excluding diaryl/α,β-unsaturated/α-hetero) is 2. The van der Waals surface area contributed by atoms with E-state index >= 15 is 0 Å². The SMILES string of the molecule is CCC1OC(=O)[C@H](C)C(=O)[C@H](C)[C@@H](O[C@@H]2O[C@H](C)C[C@H](N(C)C)[C@H]2O)[C@](C)(OC/C=C/c2cnc3ccccc3c2)C[C@@H](C)C(=O)[C@H](C)[C@@H](O)[C@]1(C)O. The quantitative estimate of drug-likeness (QED) is 0.259. The maximum Gasteiger partial charge on any atom is 0.316 e. The summed E-state index contributed by atoms with van der Waals surface area (Å²) < 4.78 is 25.2. The van der Waals surface area contributed by atoms with Gasteiger partial charge in [-0.1, -0.05) is 58.0 Å². The predicted molar refractivity (Wildman–Crippen MR) is 201 cm³/mol. The van der Waals surface area contributed by atoms with Gasteiger partial charge < -0.3 is 39.2 Å². The number of rotatable bonds is 8. The number of pyridine rings is 1. The van der Waals surface area contributed by atoms with Gasteiger partial charge in [0.25, 0.3) is 0 Å². The molecule has 13 atom stereocenters. The van der Waals surface area contributed by atoms with Crippen LogP contribution >= 0.6 is 0 Å². The summed E-state index contributed by atoms with van der Waals surface area (Å²) in [6.45, 7) is 13.0. The zero-order valence-corrected chi connectivity index (χ0v) is 32.9. The Kier molecular flexibility index (Phi) is 14.1. The number of esters is 1. The third kappa shape index (κ3) is 9.59. The van der Waals surface area contributed by atoms with Crippen LogP contribution in [0.3, 0.4) is 0 Å². The number of carbonyl (C=O) groups excluding carboxylic acids is 3. The Morgan fingerprint density at radius 1 is 1.02 bits per heavy atom. The van der Waals surface area contributed by atoms with Crippen LogP contribution in [-0.2, 0) is 33.3 Å². The van der Waals surface area contributed by atoms with Gasteiger partial charge in [-0.15, -0.1) is 0 Å². The Labute approximate surface area is 313 Å². The number of hydrogen-bond acceptors (Lipinski definition) is 12. The highest BCUT2D eigenvalue weighted by Gasteiger charge is 2.52. The average Bonchev–Trinajstić information content (AvgIpc) is 3.12. The third-order valence-electron chi connectivity index (χ3n) is 11.3. The molecule has 1 unspecified atom stereocenters. The average molecular weight is 741 g/mol. The Bertz CT molecular complexity index is 1610. The van der Waals surface area contributed by atoms with Crippen LogP contribution in [0, 0.1) is 23.7 Å². The summed E-state index contributed by atoms with van der Waals surface area (Å²) in [4.78, 5) is 48.3. The lowest BCUT2D eigenvalue weighted by atomic mass is 9.74. The van der Waals surface area contributed by atoms with E-state index < -0.39 is 77.3 Å². The highest BCUT2D eigenvalue weighted by molar-refractivity contribution is 6.00. The van der Waals surface area contributed by atoms with Crippen LogP contribution < -0.4 is 0 Å². The fourth-order valence-electron chi connectivity index (χ4n) is 7.98. The molecule has 2 aromatic rings. The van der Waals surface area contributed by atoms with E-state index in [9.17, 15) is 29.7 Å². The van der Waals surface area contributed by atoms with Gasteiger partial charge in [-0.25, -0.2) is 0 Å². The summed E-state index contributed by atoms with van der Waals surface area (Å²) >= 11 is 0. The molecule has 2 aliphatic heterocycles. The minimum absolute atomic E-state index is 0.0319. The number of para-hydroxylation sites is 1. The second-order valence-corrected chi connectivity index (χ2v) is 15.8. The molecule has 4 rings (SSSR count). The van der Waals surface area contributed by atoms with Gasteiger partial charge in [0.05, 0.1) is 36.0 Å². The fourth-order valence-corrected chi connectivity index (χ4v) is 7.98. The number of carbonyl (C=O) groups is 3. The number of ether oxygens (including phenoxy) is 4. The van der Waals surface area contributed by atoms with E-state index in [1.807, 2.05) is 68.4 Å². The number of ketones is 2. The minimum Gasteiger partial charge on any atom is -0.459 e.